The van der Waals surface area contributed by atoms with Crippen LogP contribution in [0.25, 0.3) is 0 Å². The first-order valence-corrected chi connectivity index (χ1v) is 7.88. The Bertz CT molecular complexity index is 518. The van der Waals surface area contributed by atoms with E-state index in [9.17, 15) is 13.2 Å². The van der Waals surface area contributed by atoms with E-state index >= 15 is 0 Å². The van der Waals surface area contributed by atoms with Crippen LogP contribution in [0.2, 0.25) is 0 Å². The molecule has 0 aliphatic heterocycles. The molecule has 1 rings (SSSR count). The van der Waals surface area contributed by atoms with Crippen LogP contribution in [0.5, 0.6) is 0 Å². The van der Waals surface area contributed by atoms with Crippen molar-refractivity contribution in [1.82, 2.24) is 9.71 Å². The number of aromatic nitrogens is 1. The van der Waals surface area contributed by atoms with Gasteiger partial charge in [0.05, 0.1) is 17.0 Å². The third-order valence-corrected chi connectivity index (χ3v) is 3.46. The molecule has 96 valence electrons. The molecule has 0 radical (unpaired) electrons. The quantitative estimate of drug-likeness (QED) is 0.900. The zero-order chi connectivity index (χ0) is 13.2. The van der Waals surface area contributed by atoms with Crippen molar-refractivity contribution < 1.29 is 13.2 Å². The van der Waals surface area contributed by atoms with E-state index in [1.54, 1.807) is 6.92 Å². The van der Waals surface area contributed by atoms with Crippen LogP contribution < -0.4 is 4.72 Å². The lowest BCUT2D eigenvalue weighted by Crippen LogP contribution is -2.29. The summed E-state index contributed by atoms with van der Waals surface area (Å²) in [7, 11) is -3.53. The lowest BCUT2D eigenvalue weighted by Gasteiger charge is -2.04. The molecule has 1 aromatic heterocycles. The highest BCUT2D eigenvalue weighted by atomic mass is 32.2. The molecule has 0 aromatic carbocycles. The fourth-order valence-corrected chi connectivity index (χ4v) is 2.73. The van der Waals surface area contributed by atoms with Gasteiger partial charge in [-0.25, -0.2) is 18.1 Å². The number of hydrogen-bond donors (Lipinski definition) is 1. The first-order valence-electron chi connectivity index (χ1n) is 5.17. The first kappa shape index (κ1) is 14.1. The van der Waals surface area contributed by atoms with E-state index in [1.807, 2.05) is 18.6 Å². The van der Waals surface area contributed by atoms with Crippen molar-refractivity contribution in [3.05, 3.63) is 15.6 Å². The molecule has 0 fully saturated rings. The number of thiazole rings is 1. The van der Waals surface area contributed by atoms with E-state index in [0.717, 1.165) is 11.3 Å². The highest BCUT2D eigenvalue weighted by Gasteiger charge is 2.19. The van der Waals surface area contributed by atoms with Crippen LogP contribution >= 0.6 is 11.3 Å². The average Bonchev–Trinajstić information content (AvgIpc) is 2.42. The van der Waals surface area contributed by atoms with E-state index in [0.29, 0.717) is 22.9 Å². The summed E-state index contributed by atoms with van der Waals surface area (Å²) in [5.74, 6) is -0.227. The predicted octanol–water partition coefficient (Wildman–Crippen LogP) is 1.34. The van der Waals surface area contributed by atoms with E-state index in [-0.39, 0.29) is 0 Å². The van der Waals surface area contributed by atoms with Crippen LogP contribution in [0, 0.1) is 12.8 Å². The van der Waals surface area contributed by atoms with Crippen molar-refractivity contribution in [1.29, 1.82) is 0 Å². The summed E-state index contributed by atoms with van der Waals surface area (Å²) in [6, 6.07) is 0. The average molecular weight is 276 g/mol. The molecule has 7 heteroatoms. The molecule has 5 nitrogen and oxygen atoms in total. The van der Waals surface area contributed by atoms with Gasteiger partial charge in [-0.1, -0.05) is 13.8 Å². The van der Waals surface area contributed by atoms with Crippen LogP contribution in [0.3, 0.4) is 0 Å². The van der Waals surface area contributed by atoms with Crippen molar-refractivity contribution in [3.63, 3.8) is 0 Å². The zero-order valence-electron chi connectivity index (χ0n) is 10.3. The molecule has 0 atom stereocenters. The van der Waals surface area contributed by atoms with E-state index in [4.69, 9.17) is 0 Å². The second-order valence-electron chi connectivity index (χ2n) is 4.31. The summed E-state index contributed by atoms with van der Waals surface area (Å²) in [6.07, 6.45) is 1.62. The number of carbonyl (C=O) groups excluding carboxylic acids is 1. The molecule has 1 aromatic rings. The van der Waals surface area contributed by atoms with Crippen LogP contribution in [-0.4, -0.2) is 25.6 Å². The molecular formula is C10H16N2O3S2. The van der Waals surface area contributed by atoms with Gasteiger partial charge in [-0.05, 0) is 19.3 Å². The highest BCUT2D eigenvalue weighted by molar-refractivity contribution is 7.89. The van der Waals surface area contributed by atoms with Gasteiger partial charge in [0.25, 0.3) is 5.91 Å². The van der Waals surface area contributed by atoms with Crippen molar-refractivity contribution in [2.24, 2.45) is 5.92 Å². The van der Waals surface area contributed by atoms with Gasteiger partial charge in [0, 0.05) is 0 Å². The summed E-state index contributed by atoms with van der Waals surface area (Å²) in [5, 5.41) is 0.763. The summed E-state index contributed by atoms with van der Waals surface area (Å²) in [4.78, 5) is 16.4. The van der Waals surface area contributed by atoms with Crippen molar-refractivity contribution in [3.8, 4) is 0 Å². The lowest BCUT2D eigenvalue weighted by atomic mass is 10.1. The SMILES string of the molecule is Cc1nc(CC(C)C)c(C(=O)NS(C)(=O)=O)s1. The van der Waals surface area contributed by atoms with Gasteiger partial charge in [-0.2, -0.15) is 0 Å². The molecule has 0 bridgehead atoms. The number of carbonyl (C=O) groups is 1. The molecule has 0 unspecified atom stereocenters. The number of aryl methyl sites for hydroxylation is 1. The van der Waals surface area contributed by atoms with Gasteiger partial charge < -0.3 is 0 Å². The maximum absolute atomic E-state index is 11.8. The topological polar surface area (TPSA) is 76.1 Å². The number of nitrogens with zero attached hydrogens (tertiary/aromatic N) is 1. The van der Waals surface area contributed by atoms with Gasteiger partial charge in [0.2, 0.25) is 10.0 Å². The normalized spacial score (nSPS) is 11.8. The minimum absolute atomic E-state index is 0.362. The summed E-state index contributed by atoms with van der Waals surface area (Å²) >= 11 is 1.22. The van der Waals surface area contributed by atoms with E-state index in [1.165, 1.54) is 11.3 Å². The minimum Gasteiger partial charge on any atom is -0.267 e. The maximum Gasteiger partial charge on any atom is 0.276 e. The molecule has 0 saturated carbocycles. The van der Waals surface area contributed by atoms with Crippen LogP contribution in [-0.2, 0) is 16.4 Å². The second kappa shape index (κ2) is 5.14. The van der Waals surface area contributed by atoms with E-state index in [2.05, 4.69) is 4.98 Å². The Morgan fingerprint density at radius 3 is 2.53 bits per heavy atom. The largest absolute Gasteiger partial charge is 0.276 e. The second-order valence-corrected chi connectivity index (χ2v) is 7.26. The maximum atomic E-state index is 11.8. The Kier molecular flexibility index (Phi) is 4.26. The monoisotopic (exact) mass is 276 g/mol. The number of rotatable bonds is 4. The fourth-order valence-electron chi connectivity index (χ4n) is 1.39. The molecular weight excluding hydrogens is 260 g/mol. The van der Waals surface area contributed by atoms with Crippen molar-refractivity contribution in [2.75, 3.05) is 6.26 Å². The summed E-state index contributed by atoms with van der Waals surface area (Å²) in [5.41, 5.74) is 0.670. The smallest absolute Gasteiger partial charge is 0.267 e. The van der Waals surface area contributed by atoms with Crippen LogP contribution in [0.15, 0.2) is 0 Å². The van der Waals surface area contributed by atoms with Gasteiger partial charge in [0.15, 0.2) is 0 Å². The predicted molar refractivity (Wildman–Crippen MR) is 67.7 cm³/mol. The number of hydrogen-bond acceptors (Lipinski definition) is 5. The molecule has 1 heterocycles. The summed E-state index contributed by atoms with van der Waals surface area (Å²) in [6.45, 7) is 5.84. The van der Waals surface area contributed by atoms with Crippen LogP contribution in [0.4, 0.5) is 0 Å². The Balaban J connectivity index is 3.00. The van der Waals surface area contributed by atoms with Crippen molar-refractivity contribution >= 4 is 27.3 Å². The molecule has 17 heavy (non-hydrogen) atoms. The van der Waals surface area contributed by atoms with Crippen molar-refractivity contribution in [2.45, 2.75) is 27.2 Å². The van der Waals surface area contributed by atoms with Gasteiger partial charge >= 0.3 is 0 Å². The first-order chi connectivity index (χ1) is 7.69. The van der Waals surface area contributed by atoms with Gasteiger partial charge in [-0.3, -0.25) is 4.79 Å². The molecule has 0 aliphatic carbocycles. The third-order valence-electron chi connectivity index (χ3n) is 1.89. The van der Waals surface area contributed by atoms with Gasteiger partial charge in [0.1, 0.15) is 4.88 Å². The minimum atomic E-state index is -3.53. The summed E-state index contributed by atoms with van der Waals surface area (Å²) < 4.78 is 24.0. The fraction of sp³-hybridized carbons (Fsp3) is 0.600. The number of amides is 1. The number of nitrogens with one attached hydrogen (secondary N) is 1. The van der Waals surface area contributed by atoms with E-state index < -0.39 is 15.9 Å². The molecule has 1 amide bonds. The molecule has 0 saturated heterocycles. The Morgan fingerprint density at radius 2 is 2.06 bits per heavy atom. The molecule has 1 N–H and O–H groups in total. The lowest BCUT2D eigenvalue weighted by molar-refractivity contribution is 0.0984. The Hall–Kier alpha value is -0.950. The zero-order valence-corrected chi connectivity index (χ0v) is 11.9. The Morgan fingerprint density at radius 1 is 1.47 bits per heavy atom. The molecule has 0 aliphatic rings. The Labute approximate surface area is 105 Å². The third kappa shape index (κ3) is 4.43. The highest BCUT2D eigenvalue weighted by Crippen LogP contribution is 2.20. The standard InChI is InChI=1S/C10H16N2O3S2/c1-6(2)5-8-9(16-7(3)11-8)10(13)12-17(4,14)15/h6H,5H2,1-4H3,(H,12,13). The number of sulfonamides is 1. The molecule has 0 spiro atoms. The van der Waals surface area contributed by atoms with Gasteiger partial charge in [-0.15, -0.1) is 11.3 Å². The van der Waals surface area contributed by atoms with Crippen LogP contribution in [0.1, 0.15) is 34.2 Å².